The number of aromatic nitrogens is 4. The topological polar surface area (TPSA) is 92.2 Å². The van der Waals surface area contributed by atoms with Crippen molar-refractivity contribution in [2.75, 3.05) is 5.32 Å². The highest BCUT2D eigenvalue weighted by molar-refractivity contribution is 5.94. The van der Waals surface area contributed by atoms with E-state index in [1.807, 2.05) is 37.3 Å². The van der Waals surface area contributed by atoms with Crippen molar-refractivity contribution in [3.05, 3.63) is 58.0 Å². The molecule has 23 heavy (non-hydrogen) atoms. The number of hydrogen-bond donors (Lipinski definition) is 2. The monoisotopic (exact) mass is 311 g/mol. The fourth-order valence-corrected chi connectivity index (χ4v) is 2.51. The summed E-state index contributed by atoms with van der Waals surface area (Å²) >= 11 is 0. The van der Waals surface area contributed by atoms with Crippen molar-refractivity contribution in [1.82, 2.24) is 19.6 Å². The Hall–Kier alpha value is -2.96. The van der Waals surface area contributed by atoms with Crippen molar-refractivity contribution in [1.29, 1.82) is 0 Å². The van der Waals surface area contributed by atoms with Crippen LogP contribution in [0.5, 0.6) is 0 Å². The van der Waals surface area contributed by atoms with Gasteiger partial charge in [-0.25, -0.2) is 4.98 Å². The SMILES string of the molecule is CC[C@@H](C(=O)Nc1nc2nc(C)cc(=O)n2[nH]1)c1ccccc1. The molecule has 0 saturated carbocycles. The zero-order valence-corrected chi connectivity index (χ0v) is 12.9. The fraction of sp³-hybridized carbons (Fsp3) is 0.250. The van der Waals surface area contributed by atoms with Gasteiger partial charge in [-0.1, -0.05) is 37.3 Å². The number of carbonyl (C=O) groups excluding carboxylic acids is 1. The normalized spacial score (nSPS) is 12.3. The van der Waals surface area contributed by atoms with Crippen molar-refractivity contribution in [3.63, 3.8) is 0 Å². The lowest BCUT2D eigenvalue weighted by molar-refractivity contribution is -0.117. The molecule has 1 aromatic carbocycles. The summed E-state index contributed by atoms with van der Waals surface area (Å²) < 4.78 is 1.20. The Kier molecular flexibility index (Phi) is 3.92. The molecule has 118 valence electrons. The maximum atomic E-state index is 12.5. The number of hydrogen-bond acceptors (Lipinski definition) is 4. The van der Waals surface area contributed by atoms with E-state index in [9.17, 15) is 9.59 Å². The molecule has 1 amide bonds. The second-order valence-electron chi connectivity index (χ2n) is 5.30. The molecule has 2 aromatic heterocycles. The summed E-state index contributed by atoms with van der Waals surface area (Å²) in [6.07, 6.45) is 0.660. The Morgan fingerprint density at radius 1 is 1.30 bits per heavy atom. The first-order valence-corrected chi connectivity index (χ1v) is 7.40. The second-order valence-corrected chi connectivity index (χ2v) is 5.30. The van der Waals surface area contributed by atoms with E-state index in [-0.39, 0.29) is 29.1 Å². The van der Waals surface area contributed by atoms with E-state index in [1.54, 1.807) is 6.92 Å². The van der Waals surface area contributed by atoms with Crippen molar-refractivity contribution in [2.45, 2.75) is 26.2 Å². The Balaban J connectivity index is 1.87. The summed E-state index contributed by atoms with van der Waals surface area (Å²) in [5.74, 6) is -0.0176. The van der Waals surface area contributed by atoms with Crippen molar-refractivity contribution >= 4 is 17.6 Å². The van der Waals surface area contributed by atoms with Gasteiger partial charge in [0.2, 0.25) is 11.9 Å². The highest BCUT2D eigenvalue weighted by Crippen LogP contribution is 2.20. The van der Waals surface area contributed by atoms with Gasteiger partial charge in [0.05, 0.1) is 5.92 Å². The molecule has 1 atom stereocenters. The van der Waals surface area contributed by atoms with Crippen LogP contribution in [0.4, 0.5) is 5.95 Å². The van der Waals surface area contributed by atoms with Crippen LogP contribution in [0.1, 0.15) is 30.5 Å². The van der Waals surface area contributed by atoms with Gasteiger partial charge in [-0.05, 0) is 18.9 Å². The predicted molar refractivity (Wildman–Crippen MR) is 86.4 cm³/mol. The number of H-pyrrole nitrogens is 1. The molecule has 0 aliphatic carbocycles. The molecular weight excluding hydrogens is 294 g/mol. The first-order valence-electron chi connectivity index (χ1n) is 7.40. The average Bonchev–Trinajstić information content (AvgIpc) is 2.91. The van der Waals surface area contributed by atoms with Gasteiger partial charge in [-0.2, -0.15) is 9.50 Å². The number of aryl methyl sites for hydroxylation is 1. The fourth-order valence-electron chi connectivity index (χ4n) is 2.51. The van der Waals surface area contributed by atoms with Crippen molar-refractivity contribution in [3.8, 4) is 0 Å². The molecule has 0 aliphatic rings. The summed E-state index contributed by atoms with van der Waals surface area (Å²) in [5.41, 5.74) is 1.25. The molecule has 0 spiro atoms. The minimum absolute atomic E-state index is 0.178. The average molecular weight is 311 g/mol. The van der Waals surface area contributed by atoms with E-state index >= 15 is 0 Å². The van der Waals surface area contributed by atoms with Gasteiger partial charge in [-0.3, -0.25) is 20.0 Å². The van der Waals surface area contributed by atoms with Gasteiger partial charge in [-0.15, -0.1) is 0 Å². The molecule has 3 rings (SSSR count). The maximum Gasteiger partial charge on any atom is 0.274 e. The van der Waals surface area contributed by atoms with E-state index in [0.29, 0.717) is 12.1 Å². The standard InChI is InChI=1S/C16H17N5O2/c1-3-12(11-7-5-4-6-8-11)14(23)18-15-19-16-17-10(2)9-13(22)21(16)20-15/h4-9,12H,3H2,1-2H3,(H2,17,18,19,20,23)/t12-/m1/s1. The highest BCUT2D eigenvalue weighted by atomic mass is 16.2. The molecule has 0 aliphatic heterocycles. The lowest BCUT2D eigenvalue weighted by Crippen LogP contribution is -2.21. The van der Waals surface area contributed by atoms with Gasteiger partial charge in [0.25, 0.3) is 11.3 Å². The maximum absolute atomic E-state index is 12.5. The second kappa shape index (κ2) is 6.04. The zero-order valence-electron chi connectivity index (χ0n) is 12.9. The van der Waals surface area contributed by atoms with Gasteiger partial charge in [0.15, 0.2) is 0 Å². The molecule has 3 aromatic rings. The van der Waals surface area contributed by atoms with Gasteiger partial charge in [0, 0.05) is 11.8 Å². The molecule has 0 unspecified atom stereocenters. The highest BCUT2D eigenvalue weighted by Gasteiger charge is 2.20. The van der Waals surface area contributed by atoms with E-state index in [0.717, 1.165) is 5.56 Å². The lowest BCUT2D eigenvalue weighted by Gasteiger charge is -2.13. The minimum atomic E-state index is -0.282. The Morgan fingerprint density at radius 3 is 2.74 bits per heavy atom. The number of fused-ring (bicyclic) bond motifs is 1. The van der Waals surface area contributed by atoms with Crippen LogP contribution in [0.3, 0.4) is 0 Å². The Labute approximate surface area is 132 Å². The number of rotatable bonds is 4. The largest absolute Gasteiger partial charge is 0.294 e. The number of anilines is 1. The first kappa shape index (κ1) is 15.0. The summed E-state index contributed by atoms with van der Waals surface area (Å²) in [5, 5.41) is 5.47. The molecule has 7 nitrogen and oxygen atoms in total. The van der Waals surface area contributed by atoms with Crippen LogP contribution in [0, 0.1) is 6.92 Å². The van der Waals surface area contributed by atoms with E-state index < -0.39 is 0 Å². The number of aromatic amines is 1. The van der Waals surface area contributed by atoms with E-state index in [1.165, 1.54) is 10.6 Å². The zero-order chi connectivity index (χ0) is 16.4. The molecule has 0 bridgehead atoms. The molecular formula is C16H17N5O2. The summed E-state index contributed by atoms with van der Waals surface area (Å²) in [6.45, 7) is 3.67. The van der Waals surface area contributed by atoms with Gasteiger partial charge in [0.1, 0.15) is 0 Å². The predicted octanol–water partition coefficient (Wildman–Crippen LogP) is 1.86. The van der Waals surface area contributed by atoms with E-state index in [2.05, 4.69) is 20.4 Å². The van der Waals surface area contributed by atoms with Gasteiger partial charge >= 0.3 is 0 Å². The third-order valence-corrected chi connectivity index (χ3v) is 3.63. The molecule has 2 heterocycles. The van der Waals surface area contributed by atoms with Crippen LogP contribution in [-0.4, -0.2) is 25.5 Å². The Bertz CT molecular complexity index is 898. The lowest BCUT2D eigenvalue weighted by atomic mass is 9.96. The number of carbonyl (C=O) groups is 1. The van der Waals surface area contributed by atoms with Crippen LogP contribution < -0.4 is 10.9 Å². The van der Waals surface area contributed by atoms with Gasteiger partial charge < -0.3 is 0 Å². The number of nitrogens with zero attached hydrogens (tertiary/aromatic N) is 3. The molecule has 7 heteroatoms. The number of nitrogens with one attached hydrogen (secondary N) is 2. The molecule has 2 N–H and O–H groups in total. The summed E-state index contributed by atoms with van der Waals surface area (Å²) in [4.78, 5) is 32.6. The minimum Gasteiger partial charge on any atom is -0.294 e. The number of amides is 1. The van der Waals surface area contributed by atoms with Crippen LogP contribution in [0.25, 0.3) is 5.78 Å². The first-order chi connectivity index (χ1) is 11.1. The van der Waals surface area contributed by atoms with Crippen molar-refractivity contribution in [2.24, 2.45) is 0 Å². The quantitative estimate of drug-likeness (QED) is 0.769. The Morgan fingerprint density at radius 2 is 2.04 bits per heavy atom. The third-order valence-electron chi connectivity index (χ3n) is 3.63. The van der Waals surface area contributed by atoms with Crippen LogP contribution >= 0.6 is 0 Å². The van der Waals surface area contributed by atoms with Crippen LogP contribution in [0.15, 0.2) is 41.2 Å². The smallest absolute Gasteiger partial charge is 0.274 e. The van der Waals surface area contributed by atoms with Crippen LogP contribution in [0.2, 0.25) is 0 Å². The van der Waals surface area contributed by atoms with Crippen LogP contribution in [-0.2, 0) is 4.79 Å². The summed E-state index contributed by atoms with van der Waals surface area (Å²) in [6, 6.07) is 10.9. The summed E-state index contributed by atoms with van der Waals surface area (Å²) in [7, 11) is 0. The van der Waals surface area contributed by atoms with E-state index in [4.69, 9.17) is 0 Å². The number of benzene rings is 1. The van der Waals surface area contributed by atoms with Crippen molar-refractivity contribution < 1.29 is 4.79 Å². The molecule has 0 radical (unpaired) electrons. The molecule has 0 saturated heterocycles. The molecule has 0 fully saturated rings. The third kappa shape index (κ3) is 2.98.